The number of hydrogen-bond acceptors (Lipinski definition) is 4. The lowest BCUT2D eigenvalue weighted by Gasteiger charge is -2.19. The van der Waals surface area contributed by atoms with Gasteiger partial charge < -0.3 is 9.84 Å². The molecule has 1 N–H and O–H groups in total. The summed E-state index contributed by atoms with van der Waals surface area (Å²) < 4.78 is 28.7. The van der Waals surface area contributed by atoms with Crippen molar-refractivity contribution in [3.63, 3.8) is 0 Å². The van der Waals surface area contributed by atoms with Gasteiger partial charge >= 0.3 is 0 Å². The second-order valence-electron chi connectivity index (χ2n) is 6.19. The number of fused-ring (bicyclic) bond motifs is 1. The number of aliphatic hydroxyl groups excluding tert-OH is 1. The van der Waals surface area contributed by atoms with Gasteiger partial charge in [0, 0.05) is 0 Å². The molecule has 0 bridgehead atoms. The molecule has 1 aliphatic carbocycles. The van der Waals surface area contributed by atoms with Crippen LogP contribution in [0, 0.1) is 0 Å². The van der Waals surface area contributed by atoms with E-state index in [1.807, 2.05) is 12.1 Å². The minimum atomic E-state index is -3.15. The van der Waals surface area contributed by atoms with Gasteiger partial charge in [0.15, 0.2) is 9.84 Å². The van der Waals surface area contributed by atoms with E-state index in [0.29, 0.717) is 5.75 Å². The minimum absolute atomic E-state index is 0.0101. The standard InChI is InChI=1S/C15H22O4S/c1-15(2,3)20(17,18)9-8-19-12-5-6-13-11(10-12)4-7-14(13)16/h5-6,10,14,16H,4,7-9H2,1-3H3/t14-/m0/s1. The highest BCUT2D eigenvalue weighted by molar-refractivity contribution is 7.92. The van der Waals surface area contributed by atoms with Gasteiger partial charge in [0.2, 0.25) is 0 Å². The molecule has 0 saturated heterocycles. The molecular formula is C15H22O4S. The summed E-state index contributed by atoms with van der Waals surface area (Å²) in [6.07, 6.45) is 1.21. The highest BCUT2D eigenvalue weighted by Crippen LogP contribution is 2.33. The summed E-state index contributed by atoms with van der Waals surface area (Å²) in [6, 6.07) is 5.55. The van der Waals surface area contributed by atoms with Gasteiger partial charge in [0.05, 0.1) is 16.6 Å². The Morgan fingerprint density at radius 1 is 1.35 bits per heavy atom. The molecule has 0 aromatic heterocycles. The van der Waals surface area contributed by atoms with Gasteiger partial charge in [-0.15, -0.1) is 0 Å². The van der Waals surface area contributed by atoms with Crippen molar-refractivity contribution in [3.05, 3.63) is 29.3 Å². The summed E-state index contributed by atoms with van der Waals surface area (Å²) >= 11 is 0. The van der Waals surface area contributed by atoms with Gasteiger partial charge in [0.25, 0.3) is 0 Å². The Bertz CT molecular complexity index is 584. The number of hydrogen-bond donors (Lipinski definition) is 1. The Labute approximate surface area is 120 Å². The zero-order chi connectivity index (χ0) is 15.0. The van der Waals surface area contributed by atoms with E-state index in [2.05, 4.69) is 0 Å². The molecule has 0 radical (unpaired) electrons. The number of ether oxygens (including phenoxy) is 1. The van der Waals surface area contributed by atoms with Crippen LogP contribution in [-0.4, -0.2) is 30.6 Å². The van der Waals surface area contributed by atoms with E-state index < -0.39 is 14.6 Å². The molecule has 20 heavy (non-hydrogen) atoms. The quantitative estimate of drug-likeness (QED) is 0.926. The average molecular weight is 298 g/mol. The molecule has 0 amide bonds. The van der Waals surface area contributed by atoms with Crippen LogP contribution >= 0.6 is 0 Å². The van der Waals surface area contributed by atoms with Gasteiger partial charge in [-0.25, -0.2) is 8.42 Å². The van der Waals surface area contributed by atoms with Crippen molar-refractivity contribution in [3.8, 4) is 5.75 Å². The molecule has 0 heterocycles. The fourth-order valence-corrected chi connectivity index (χ4v) is 3.15. The summed E-state index contributed by atoms with van der Waals surface area (Å²) in [7, 11) is -3.15. The van der Waals surface area contributed by atoms with Crippen LogP contribution in [0.15, 0.2) is 18.2 Å². The number of rotatable bonds is 4. The van der Waals surface area contributed by atoms with Crippen molar-refractivity contribution in [2.45, 2.75) is 44.5 Å². The number of aryl methyl sites for hydroxylation is 1. The molecule has 5 heteroatoms. The summed E-state index contributed by atoms with van der Waals surface area (Å²) in [5.74, 6) is 0.679. The fourth-order valence-electron chi connectivity index (χ4n) is 2.24. The number of sulfone groups is 1. The normalized spacial score (nSPS) is 18.9. The highest BCUT2D eigenvalue weighted by Gasteiger charge is 2.28. The first-order valence-electron chi connectivity index (χ1n) is 6.87. The van der Waals surface area contributed by atoms with Crippen LogP contribution in [0.1, 0.15) is 44.4 Å². The van der Waals surface area contributed by atoms with Crippen LogP contribution in [0.2, 0.25) is 0 Å². The fraction of sp³-hybridized carbons (Fsp3) is 0.600. The van der Waals surface area contributed by atoms with Crippen molar-refractivity contribution in [2.75, 3.05) is 12.4 Å². The second kappa shape index (κ2) is 5.37. The van der Waals surface area contributed by atoms with Gasteiger partial charge in [-0.3, -0.25) is 0 Å². The van der Waals surface area contributed by atoms with Crippen LogP contribution < -0.4 is 4.74 Å². The first-order valence-corrected chi connectivity index (χ1v) is 8.52. The van der Waals surface area contributed by atoms with E-state index in [-0.39, 0.29) is 18.5 Å². The lowest BCUT2D eigenvalue weighted by Crippen LogP contribution is -2.32. The van der Waals surface area contributed by atoms with E-state index in [4.69, 9.17) is 4.74 Å². The zero-order valence-corrected chi connectivity index (χ0v) is 13.0. The molecule has 0 spiro atoms. The zero-order valence-electron chi connectivity index (χ0n) is 12.2. The van der Waals surface area contributed by atoms with Crippen LogP contribution in [0.4, 0.5) is 0 Å². The largest absolute Gasteiger partial charge is 0.493 e. The molecule has 0 saturated carbocycles. The molecule has 0 fully saturated rings. The van der Waals surface area contributed by atoms with Crippen molar-refractivity contribution in [1.82, 2.24) is 0 Å². The SMILES string of the molecule is CC(C)(C)S(=O)(=O)CCOc1ccc2c(c1)CC[C@@H]2O. The number of benzene rings is 1. The Morgan fingerprint density at radius 2 is 2.05 bits per heavy atom. The van der Waals surface area contributed by atoms with E-state index in [9.17, 15) is 13.5 Å². The molecule has 0 aliphatic heterocycles. The molecule has 1 atom stereocenters. The Morgan fingerprint density at radius 3 is 2.70 bits per heavy atom. The lowest BCUT2D eigenvalue weighted by molar-refractivity contribution is 0.180. The van der Waals surface area contributed by atoms with E-state index >= 15 is 0 Å². The van der Waals surface area contributed by atoms with Crippen LogP contribution in [0.5, 0.6) is 5.75 Å². The third-order valence-electron chi connectivity index (χ3n) is 3.71. The molecule has 1 aromatic rings. The van der Waals surface area contributed by atoms with Gasteiger partial charge in [-0.2, -0.15) is 0 Å². The molecule has 112 valence electrons. The van der Waals surface area contributed by atoms with Gasteiger partial charge in [0.1, 0.15) is 12.4 Å². The van der Waals surface area contributed by atoms with Gasteiger partial charge in [-0.05, 0) is 56.9 Å². The van der Waals surface area contributed by atoms with Crippen molar-refractivity contribution in [1.29, 1.82) is 0 Å². The molecular weight excluding hydrogens is 276 g/mol. The Kier molecular flexibility index (Phi) is 4.12. The maximum atomic E-state index is 12.0. The third kappa shape index (κ3) is 3.15. The first kappa shape index (κ1) is 15.3. The van der Waals surface area contributed by atoms with Crippen LogP contribution in [0.3, 0.4) is 0 Å². The number of aliphatic hydroxyl groups is 1. The predicted octanol–water partition coefficient (Wildman–Crippen LogP) is 2.26. The highest BCUT2D eigenvalue weighted by atomic mass is 32.2. The van der Waals surface area contributed by atoms with E-state index in [0.717, 1.165) is 24.0 Å². The van der Waals surface area contributed by atoms with Crippen LogP contribution in [-0.2, 0) is 16.3 Å². The minimum Gasteiger partial charge on any atom is -0.493 e. The topological polar surface area (TPSA) is 63.6 Å². The third-order valence-corrected chi connectivity index (χ3v) is 6.28. The molecule has 1 aliphatic rings. The summed E-state index contributed by atoms with van der Waals surface area (Å²) in [5.41, 5.74) is 2.05. The van der Waals surface area contributed by atoms with E-state index in [1.165, 1.54) is 0 Å². The van der Waals surface area contributed by atoms with Crippen molar-refractivity contribution >= 4 is 9.84 Å². The summed E-state index contributed by atoms with van der Waals surface area (Å²) in [4.78, 5) is 0. The molecule has 0 unspecified atom stereocenters. The lowest BCUT2D eigenvalue weighted by atomic mass is 10.1. The Balaban J connectivity index is 1.96. The van der Waals surface area contributed by atoms with Gasteiger partial charge in [-0.1, -0.05) is 6.07 Å². The Hall–Kier alpha value is -1.07. The van der Waals surface area contributed by atoms with Crippen molar-refractivity contribution < 1.29 is 18.3 Å². The summed E-state index contributed by atoms with van der Waals surface area (Å²) in [6.45, 7) is 5.23. The second-order valence-corrected chi connectivity index (χ2v) is 9.06. The monoisotopic (exact) mass is 298 g/mol. The van der Waals surface area contributed by atoms with Crippen molar-refractivity contribution in [2.24, 2.45) is 0 Å². The molecule has 4 nitrogen and oxygen atoms in total. The van der Waals surface area contributed by atoms with E-state index in [1.54, 1.807) is 26.8 Å². The maximum Gasteiger partial charge on any atom is 0.158 e. The average Bonchev–Trinajstić information content (AvgIpc) is 2.69. The molecule has 2 rings (SSSR count). The molecule has 1 aromatic carbocycles. The maximum absolute atomic E-state index is 12.0. The van der Waals surface area contributed by atoms with Crippen LogP contribution in [0.25, 0.3) is 0 Å². The smallest absolute Gasteiger partial charge is 0.158 e. The first-order chi connectivity index (χ1) is 9.21. The predicted molar refractivity (Wildman–Crippen MR) is 78.8 cm³/mol. The summed E-state index contributed by atoms with van der Waals surface area (Å²) in [5, 5.41) is 9.72.